The van der Waals surface area contributed by atoms with Crippen LogP contribution in [0.1, 0.15) is 5.56 Å². The lowest BCUT2D eigenvalue weighted by Crippen LogP contribution is -2.24. The van der Waals surface area contributed by atoms with E-state index in [0.717, 1.165) is 17.7 Å². The van der Waals surface area contributed by atoms with Gasteiger partial charge in [0, 0.05) is 18.7 Å². The molecule has 0 heterocycles. The standard InChI is InChI=1S/C15H16FNO4S/c1-20-13-8-12(16)15(9-14(13)21-2)22(18,19)17-10-11-6-4-3-5-7-11/h3-9,17H,10H2,1-2H3. The minimum Gasteiger partial charge on any atom is -0.493 e. The van der Waals surface area contributed by atoms with Crippen molar-refractivity contribution in [2.75, 3.05) is 14.2 Å². The van der Waals surface area contributed by atoms with Gasteiger partial charge in [-0.1, -0.05) is 30.3 Å². The fraction of sp³-hybridized carbons (Fsp3) is 0.200. The molecular formula is C15H16FNO4S. The van der Waals surface area contributed by atoms with Crippen molar-refractivity contribution in [1.82, 2.24) is 4.72 Å². The van der Waals surface area contributed by atoms with Crippen LogP contribution in [-0.4, -0.2) is 22.6 Å². The van der Waals surface area contributed by atoms with E-state index in [4.69, 9.17) is 9.47 Å². The lowest BCUT2D eigenvalue weighted by molar-refractivity contribution is 0.350. The van der Waals surface area contributed by atoms with Gasteiger partial charge in [-0.05, 0) is 5.56 Å². The first-order valence-electron chi connectivity index (χ1n) is 6.43. The SMILES string of the molecule is COc1cc(F)c(S(=O)(=O)NCc2ccccc2)cc1OC. The number of rotatable bonds is 6. The molecule has 0 aliphatic heterocycles. The van der Waals surface area contributed by atoms with E-state index in [2.05, 4.69) is 4.72 Å². The summed E-state index contributed by atoms with van der Waals surface area (Å²) >= 11 is 0. The van der Waals surface area contributed by atoms with Crippen LogP contribution < -0.4 is 14.2 Å². The highest BCUT2D eigenvalue weighted by Crippen LogP contribution is 2.31. The topological polar surface area (TPSA) is 64.6 Å². The second-order valence-corrected chi connectivity index (χ2v) is 6.18. The Morgan fingerprint density at radius 1 is 1.05 bits per heavy atom. The van der Waals surface area contributed by atoms with E-state index in [1.165, 1.54) is 14.2 Å². The molecule has 0 atom stereocenters. The first-order valence-corrected chi connectivity index (χ1v) is 7.91. The van der Waals surface area contributed by atoms with E-state index in [9.17, 15) is 12.8 Å². The van der Waals surface area contributed by atoms with E-state index < -0.39 is 20.7 Å². The zero-order valence-corrected chi connectivity index (χ0v) is 13.0. The Labute approximate surface area is 128 Å². The number of hydrogen-bond acceptors (Lipinski definition) is 4. The average molecular weight is 325 g/mol. The van der Waals surface area contributed by atoms with Crippen LogP contribution in [-0.2, 0) is 16.6 Å². The highest BCUT2D eigenvalue weighted by Gasteiger charge is 2.22. The van der Waals surface area contributed by atoms with Gasteiger partial charge in [0.05, 0.1) is 14.2 Å². The lowest BCUT2D eigenvalue weighted by Gasteiger charge is -2.12. The molecule has 0 saturated heterocycles. The zero-order chi connectivity index (χ0) is 16.2. The molecule has 2 aromatic rings. The molecule has 0 aromatic heterocycles. The molecular weight excluding hydrogens is 309 g/mol. The molecule has 0 radical (unpaired) electrons. The maximum atomic E-state index is 14.0. The van der Waals surface area contributed by atoms with Crippen LogP contribution in [0.5, 0.6) is 11.5 Å². The average Bonchev–Trinajstić information content (AvgIpc) is 2.53. The van der Waals surface area contributed by atoms with E-state index in [1.54, 1.807) is 24.3 Å². The number of halogens is 1. The van der Waals surface area contributed by atoms with Crippen molar-refractivity contribution in [3.63, 3.8) is 0 Å². The first kappa shape index (κ1) is 16.3. The number of ether oxygens (including phenoxy) is 2. The highest BCUT2D eigenvalue weighted by atomic mass is 32.2. The van der Waals surface area contributed by atoms with Crippen LogP contribution in [0.15, 0.2) is 47.4 Å². The Kier molecular flexibility index (Phi) is 4.99. The Morgan fingerprint density at radius 2 is 1.64 bits per heavy atom. The fourth-order valence-electron chi connectivity index (χ4n) is 1.89. The summed E-state index contributed by atoms with van der Waals surface area (Å²) in [5.74, 6) is -0.635. The normalized spacial score (nSPS) is 11.2. The van der Waals surface area contributed by atoms with E-state index in [1.807, 2.05) is 6.07 Å². The van der Waals surface area contributed by atoms with Crippen molar-refractivity contribution in [2.24, 2.45) is 0 Å². The highest BCUT2D eigenvalue weighted by molar-refractivity contribution is 7.89. The third-order valence-electron chi connectivity index (χ3n) is 3.04. The Bertz CT molecular complexity index is 748. The van der Waals surface area contributed by atoms with Gasteiger partial charge in [-0.25, -0.2) is 17.5 Å². The minimum atomic E-state index is -4.01. The van der Waals surface area contributed by atoms with Gasteiger partial charge < -0.3 is 9.47 Å². The second kappa shape index (κ2) is 6.76. The number of nitrogens with one attached hydrogen (secondary N) is 1. The van der Waals surface area contributed by atoms with Crippen LogP contribution in [0, 0.1) is 5.82 Å². The van der Waals surface area contributed by atoms with Gasteiger partial charge >= 0.3 is 0 Å². The van der Waals surface area contributed by atoms with Crippen molar-refractivity contribution >= 4 is 10.0 Å². The summed E-state index contributed by atoms with van der Waals surface area (Å²) in [6, 6.07) is 11.0. The first-order chi connectivity index (χ1) is 10.5. The summed E-state index contributed by atoms with van der Waals surface area (Å²) in [6.07, 6.45) is 0. The van der Waals surface area contributed by atoms with E-state index in [-0.39, 0.29) is 18.0 Å². The molecule has 0 aliphatic rings. The molecule has 1 N–H and O–H groups in total. The molecule has 2 aromatic carbocycles. The van der Waals surface area contributed by atoms with Gasteiger partial charge in [0.1, 0.15) is 10.7 Å². The zero-order valence-electron chi connectivity index (χ0n) is 12.2. The van der Waals surface area contributed by atoms with Crippen LogP contribution in [0.3, 0.4) is 0 Å². The largest absolute Gasteiger partial charge is 0.493 e. The molecule has 0 saturated carbocycles. The Balaban J connectivity index is 2.29. The van der Waals surface area contributed by atoms with Crippen LogP contribution in [0.25, 0.3) is 0 Å². The van der Waals surface area contributed by atoms with Crippen molar-refractivity contribution < 1.29 is 22.3 Å². The molecule has 0 bridgehead atoms. The second-order valence-electron chi connectivity index (χ2n) is 4.45. The number of methoxy groups -OCH3 is 2. The van der Waals surface area contributed by atoms with Crippen LogP contribution >= 0.6 is 0 Å². The molecule has 7 heteroatoms. The van der Waals surface area contributed by atoms with Gasteiger partial charge in [-0.3, -0.25) is 0 Å². The lowest BCUT2D eigenvalue weighted by atomic mass is 10.2. The molecule has 22 heavy (non-hydrogen) atoms. The van der Waals surface area contributed by atoms with Gasteiger partial charge in [0.2, 0.25) is 10.0 Å². The third kappa shape index (κ3) is 3.55. The number of hydrogen-bond donors (Lipinski definition) is 1. The monoisotopic (exact) mass is 325 g/mol. The summed E-state index contributed by atoms with van der Waals surface area (Å²) in [4.78, 5) is -0.485. The number of sulfonamides is 1. The summed E-state index contributed by atoms with van der Waals surface area (Å²) in [5.41, 5.74) is 0.770. The predicted octanol–water partition coefficient (Wildman–Crippen LogP) is 2.32. The molecule has 0 fully saturated rings. The molecule has 5 nitrogen and oxygen atoms in total. The minimum absolute atomic E-state index is 0.0664. The smallest absolute Gasteiger partial charge is 0.243 e. The van der Waals surface area contributed by atoms with E-state index in [0.29, 0.717) is 0 Å². The summed E-state index contributed by atoms with van der Waals surface area (Å²) in [6.45, 7) is 0.0664. The molecule has 0 spiro atoms. The maximum absolute atomic E-state index is 14.0. The Hall–Kier alpha value is -2.12. The predicted molar refractivity (Wildman–Crippen MR) is 80.0 cm³/mol. The van der Waals surface area contributed by atoms with Crippen molar-refractivity contribution in [1.29, 1.82) is 0 Å². The van der Waals surface area contributed by atoms with Crippen molar-refractivity contribution in [2.45, 2.75) is 11.4 Å². The maximum Gasteiger partial charge on any atom is 0.243 e. The van der Waals surface area contributed by atoms with Crippen molar-refractivity contribution in [3.8, 4) is 11.5 Å². The van der Waals surface area contributed by atoms with Gasteiger partial charge in [0.15, 0.2) is 11.5 Å². The molecule has 2 rings (SSSR count). The summed E-state index contributed by atoms with van der Waals surface area (Å²) in [7, 11) is -1.31. The molecule has 0 aliphatic carbocycles. The number of benzene rings is 2. The third-order valence-corrected chi connectivity index (χ3v) is 4.45. The molecule has 0 unspecified atom stereocenters. The van der Waals surface area contributed by atoms with Crippen LogP contribution in [0.2, 0.25) is 0 Å². The Morgan fingerprint density at radius 3 is 2.23 bits per heavy atom. The fourth-order valence-corrected chi connectivity index (χ4v) is 2.98. The van der Waals surface area contributed by atoms with Gasteiger partial charge in [0.25, 0.3) is 0 Å². The van der Waals surface area contributed by atoms with Gasteiger partial charge in [-0.2, -0.15) is 0 Å². The quantitative estimate of drug-likeness (QED) is 0.885. The summed E-state index contributed by atoms with van der Waals surface area (Å²) < 4.78 is 50.8. The van der Waals surface area contributed by atoms with Crippen molar-refractivity contribution in [3.05, 3.63) is 53.8 Å². The van der Waals surface area contributed by atoms with E-state index >= 15 is 0 Å². The molecule has 0 amide bonds. The van der Waals surface area contributed by atoms with Gasteiger partial charge in [-0.15, -0.1) is 0 Å². The van der Waals surface area contributed by atoms with Crippen LogP contribution in [0.4, 0.5) is 4.39 Å². The summed E-state index contributed by atoms with van der Waals surface area (Å²) in [5, 5.41) is 0. The molecule has 118 valence electrons.